The van der Waals surface area contributed by atoms with Gasteiger partial charge >= 0.3 is 12.1 Å². The number of thioether (sulfide) groups is 1. The molecule has 0 amide bonds. The van der Waals surface area contributed by atoms with Crippen molar-refractivity contribution in [3.8, 4) is 0 Å². The summed E-state index contributed by atoms with van der Waals surface area (Å²) in [6.07, 6.45) is -4.36. The summed E-state index contributed by atoms with van der Waals surface area (Å²) in [5, 5.41) is 7.94. The minimum Gasteiger partial charge on any atom is -0.480 e. The van der Waals surface area contributed by atoms with Crippen LogP contribution in [-0.2, 0) is 11.0 Å². The van der Waals surface area contributed by atoms with Gasteiger partial charge in [0.25, 0.3) is 0 Å². The topological polar surface area (TPSA) is 37.3 Å². The third-order valence-electron chi connectivity index (χ3n) is 1.84. The zero-order valence-electron chi connectivity index (χ0n) is 8.28. The molecule has 0 fully saturated rings. The molecule has 0 heterocycles. The molecule has 16 heavy (non-hydrogen) atoms. The lowest BCUT2D eigenvalue weighted by Crippen LogP contribution is -2.11. The fraction of sp³-hybridized carbons (Fsp3) is 0.300. The highest BCUT2D eigenvalue weighted by atomic mass is 32.2. The molecular weight excluding hydrogens is 241 g/mol. The van der Waals surface area contributed by atoms with Crippen molar-refractivity contribution in [3.63, 3.8) is 0 Å². The van der Waals surface area contributed by atoms with Crippen LogP contribution in [0.3, 0.4) is 0 Å². The van der Waals surface area contributed by atoms with Crippen LogP contribution in [0.1, 0.15) is 12.5 Å². The lowest BCUT2D eigenvalue weighted by molar-refractivity contribution is -0.138. The molecule has 1 unspecified atom stereocenters. The van der Waals surface area contributed by atoms with E-state index in [-0.39, 0.29) is 0 Å². The van der Waals surface area contributed by atoms with E-state index in [4.69, 9.17) is 5.11 Å². The Morgan fingerprint density at radius 2 is 1.81 bits per heavy atom. The van der Waals surface area contributed by atoms with Crippen molar-refractivity contribution >= 4 is 17.7 Å². The van der Waals surface area contributed by atoms with E-state index < -0.39 is 23.0 Å². The van der Waals surface area contributed by atoms with Gasteiger partial charge < -0.3 is 5.11 Å². The Hall–Kier alpha value is -1.17. The Morgan fingerprint density at radius 1 is 1.31 bits per heavy atom. The lowest BCUT2D eigenvalue weighted by Gasteiger charge is -2.08. The predicted molar refractivity (Wildman–Crippen MR) is 54.4 cm³/mol. The zero-order chi connectivity index (χ0) is 12.3. The molecule has 0 aromatic heterocycles. The van der Waals surface area contributed by atoms with Crippen LogP contribution in [0.5, 0.6) is 0 Å². The Balaban J connectivity index is 2.76. The summed E-state index contributed by atoms with van der Waals surface area (Å²) in [6.45, 7) is 1.48. The van der Waals surface area contributed by atoms with Crippen molar-refractivity contribution < 1.29 is 23.1 Å². The van der Waals surface area contributed by atoms with Gasteiger partial charge in [0.15, 0.2) is 0 Å². The van der Waals surface area contributed by atoms with Crippen LogP contribution in [0.2, 0.25) is 0 Å². The molecule has 1 aromatic carbocycles. The number of hydrogen-bond donors (Lipinski definition) is 1. The van der Waals surface area contributed by atoms with Crippen molar-refractivity contribution in [2.24, 2.45) is 0 Å². The highest BCUT2D eigenvalue weighted by Crippen LogP contribution is 2.31. The van der Waals surface area contributed by atoms with Crippen molar-refractivity contribution in [1.29, 1.82) is 0 Å². The summed E-state index contributed by atoms with van der Waals surface area (Å²) < 4.78 is 36.6. The Kier molecular flexibility index (Phi) is 3.85. The van der Waals surface area contributed by atoms with Gasteiger partial charge in [-0.2, -0.15) is 13.2 Å². The van der Waals surface area contributed by atoms with E-state index in [0.717, 1.165) is 23.9 Å². The molecule has 6 heteroatoms. The van der Waals surface area contributed by atoms with Crippen molar-refractivity contribution in [2.45, 2.75) is 23.2 Å². The van der Waals surface area contributed by atoms with E-state index in [2.05, 4.69) is 0 Å². The molecule has 0 saturated carbocycles. The molecule has 88 valence electrons. The largest absolute Gasteiger partial charge is 0.480 e. The van der Waals surface area contributed by atoms with Gasteiger partial charge in [-0.25, -0.2) is 0 Å². The van der Waals surface area contributed by atoms with E-state index in [1.54, 1.807) is 0 Å². The maximum absolute atomic E-state index is 12.2. The highest BCUT2D eigenvalue weighted by molar-refractivity contribution is 8.00. The normalized spacial score (nSPS) is 13.5. The number of carboxylic acid groups (broad SMARTS) is 1. The summed E-state index contributed by atoms with van der Waals surface area (Å²) in [4.78, 5) is 11.0. The Morgan fingerprint density at radius 3 is 2.19 bits per heavy atom. The van der Waals surface area contributed by atoms with E-state index in [1.165, 1.54) is 19.1 Å². The minimum absolute atomic E-state index is 0.503. The number of carboxylic acids is 1. The molecule has 2 nitrogen and oxygen atoms in total. The second kappa shape index (κ2) is 4.78. The molecule has 0 bridgehead atoms. The molecule has 0 aliphatic rings. The smallest absolute Gasteiger partial charge is 0.416 e. The molecule has 0 saturated heterocycles. The first kappa shape index (κ1) is 12.9. The number of aliphatic carboxylic acids is 1. The fourth-order valence-corrected chi connectivity index (χ4v) is 1.78. The van der Waals surface area contributed by atoms with Crippen LogP contribution in [0.4, 0.5) is 13.2 Å². The quantitative estimate of drug-likeness (QED) is 0.836. The summed E-state index contributed by atoms with van der Waals surface area (Å²) in [7, 11) is 0. The summed E-state index contributed by atoms with van der Waals surface area (Å²) in [5.41, 5.74) is -0.736. The molecule has 0 aliphatic heterocycles. The number of benzene rings is 1. The van der Waals surface area contributed by atoms with Gasteiger partial charge in [-0.3, -0.25) is 4.79 Å². The van der Waals surface area contributed by atoms with E-state index in [0.29, 0.717) is 4.90 Å². The molecule has 0 spiro atoms. The number of carbonyl (C=O) groups is 1. The first-order valence-corrected chi connectivity index (χ1v) is 5.25. The van der Waals surface area contributed by atoms with Gasteiger partial charge in [0.1, 0.15) is 5.25 Å². The van der Waals surface area contributed by atoms with Gasteiger partial charge in [-0.1, -0.05) is 0 Å². The maximum Gasteiger partial charge on any atom is 0.416 e. The molecular formula is C10H9F3O2S. The Bertz CT molecular complexity index is 373. The zero-order valence-corrected chi connectivity index (χ0v) is 9.10. The molecule has 0 radical (unpaired) electrons. The van der Waals surface area contributed by atoms with Crippen molar-refractivity contribution in [2.75, 3.05) is 0 Å². The van der Waals surface area contributed by atoms with Crippen LogP contribution in [0.25, 0.3) is 0 Å². The SMILES string of the molecule is CC(Sc1ccc(C(F)(F)F)cc1)C(=O)O. The first-order chi connectivity index (χ1) is 7.30. The second-order valence-corrected chi connectivity index (χ2v) is 4.53. The summed E-state index contributed by atoms with van der Waals surface area (Å²) >= 11 is 1.00. The molecule has 1 aromatic rings. The lowest BCUT2D eigenvalue weighted by atomic mass is 10.2. The van der Waals surface area contributed by atoms with Gasteiger partial charge in [-0.05, 0) is 31.2 Å². The maximum atomic E-state index is 12.2. The van der Waals surface area contributed by atoms with Crippen molar-refractivity contribution in [1.82, 2.24) is 0 Å². The van der Waals surface area contributed by atoms with Gasteiger partial charge in [-0.15, -0.1) is 11.8 Å². The molecule has 0 aliphatic carbocycles. The average Bonchev–Trinajstić information content (AvgIpc) is 2.17. The van der Waals surface area contributed by atoms with Gasteiger partial charge in [0.2, 0.25) is 0 Å². The van der Waals surface area contributed by atoms with Gasteiger partial charge in [0.05, 0.1) is 5.56 Å². The van der Waals surface area contributed by atoms with Crippen LogP contribution in [0.15, 0.2) is 29.2 Å². The van der Waals surface area contributed by atoms with E-state index in [9.17, 15) is 18.0 Å². The third kappa shape index (κ3) is 3.44. The minimum atomic E-state index is -4.36. The molecule has 1 atom stereocenters. The van der Waals surface area contributed by atoms with Gasteiger partial charge in [0, 0.05) is 4.90 Å². The van der Waals surface area contributed by atoms with E-state index >= 15 is 0 Å². The van der Waals surface area contributed by atoms with Crippen LogP contribution in [0, 0.1) is 0 Å². The number of alkyl halides is 3. The first-order valence-electron chi connectivity index (χ1n) is 4.37. The monoisotopic (exact) mass is 250 g/mol. The second-order valence-electron chi connectivity index (χ2n) is 3.12. The average molecular weight is 250 g/mol. The molecule has 1 rings (SSSR count). The third-order valence-corrected chi connectivity index (χ3v) is 2.94. The van der Waals surface area contributed by atoms with Crippen molar-refractivity contribution in [3.05, 3.63) is 29.8 Å². The number of rotatable bonds is 3. The number of hydrogen-bond acceptors (Lipinski definition) is 2. The van der Waals surface area contributed by atoms with Crippen LogP contribution < -0.4 is 0 Å². The Labute approximate surface area is 94.5 Å². The van der Waals surface area contributed by atoms with Crippen LogP contribution in [-0.4, -0.2) is 16.3 Å². The standard InChI is InChI=1S/C10H9F3O2S/c1-6(9(14)15)16-8-4-2-7(3-5-8)10(11,12)13/h2-6H,1H3,(H,14,15). The molecule has 1 N–H and O–H groups in total. The number of halogens is 3. The van der Waals surface area contributed by atoms with E-state index in [1.807, 2.05) is 0 Å². The highest BCUT2D eigenvalue weighted by Gasteiger charge is 2.30. The van der Waals surface area contributed by atoms with Crippen LogP contribution >= 0.6 is 11.8 Å². The fourth-order valence-electron chi connectivity index (χ4n) is 0.977. The summed E-state index contributed by atoms with van der Waals surface area (Å²) in [6, 6.07) is 4.42. The predicted octanol–water partition coefficient (Wildman–Crippen LogP) is 3.27. The summed E-state index contributed by atoms with van der Waals surface area (Å²) in [5.74, 6) is -0.995.